The van der Waals surface area contributed by atoms with Crippen LogP contribution in [0.5, 0.6) is 0 Å². The Morgan fingerprint density at radius 1 is 0.929 bits per heavy atom. The zero-order valence-electron chi connectivity index (χ0n) is 15.4. The van der Waals surface area contributed by atoms with Gasteiger partial charge < -0.3 is 18.9 Å². The number of carbonyl (C=O) groups excluding carboxylic acids is 3. The smallest absolute Gasteiger partial charge is 0.336 e. The third kappa shape index (κ3) is 2.55. The number of methoxy groups -OCH3 is 2. The predicted molar refractivity (Wildman–Crippen MR) is 101 cm³/mol. The van der Waals surface area contributed by atoms with Crippen molar-refractivity contribution >= 4 is 29.6 Å². The lowest BCUT2D eigenvalue weighted by atomic mass is 9.88. The molecular weight excluding hydrogens is 360 g/mol. The molecule has 0 bridgehead atoms. The van der Waals surface area contributed by atoms with E-state index in [-0.39, 0.29) is 11.4 Å². The Labute approximate surface area is 161 Å². The highest BCUT2D eigenvalue weighted by Gasteiger charge is 2.52. The number of ether oxygens (including phenoxy) is 2. The lowest BCUT2D eigenvalue weighted by molar-refractivity contribution is -0.147. The minimum atomic E-state index is -1.11. The van der Waals surface area contributed by atoms with Gasteiger partial charge in [0.05, 0.1) is 31.2 Å². The van der Waals surface area contributed by atoms with Gasteiger partial charge in [0.1, 0.15) is 12.0 Å². The van der Waals surface area contributed by atoms with E-state index in [1.807, 2.05) is 22.9 Å². The van der Waals surface area contributed by atoms with Crippen LogP contribution in [0.4, 0.5) is 0 Å². The largest absolute Gasteiger partial charge is 0.468 e. The molecule has 2 aromatic rings. The number of nitrogens with zero attached hydrogens (tertiary/aromatic N) is 2. The normalized spacial score (nSPS) is 19.9. The third-order valence-electron chi connectivity index (χ3n) is 5.04. The first-order valence-corrected chi connectivity index (χ1v) is 8.72. The summed E-state index contributed by atoms with van der Waals surface area (Å²) in [6.45, 7) is 0. The van der Waals surface area contributed by atoms with Crippen LogP contribution in [0, 0.1) is 5.92 Å². The lowest BCUT2D eigenvalue weighted by Gasteiger charge is -2.30. The Hall–Kier alpha value is -3.61. The van der Waals surface area contributed by atoms with Crippen molar-refractivity contribution in [3.63, 3.8) is 0 Å². The van der Waals surface area contributed by atoms with Gasteiger partial charge in [0.15, 0.2) is 5.78 Å². The Kier molecular flexibility index (Phi) is 4.35. The van der Waals surface area contributed by atoms with Crippen molar-refractivity contribution in [1.82, 2.24) is 9.47 Å². The summed E-state index contributed by atoms with van der Waals surface area (Å²) < 4.78 is 11.7. The Balaban J connectivity index is 1.92. The van der Waals surface area contributed by atoms with E-state index in [4.69, 9.17) is 9.47 Å². The van der Waals surface area contributed by atoms with Gasteiger partial charge in [-0.2, -0.15) is 0 Å². The van der Waals surface area contributed by atoms with Crippen LogP contribution in [0.15, 0.2) is 60.4 Å². The summed E-state index contributed by atoms with van der Waals surface area (Å²) in [5.74, 6) is -2.71. The summed E-state index contributed by atoms with van der Waals surface area (Å²) >= 11 is 0. The van der Waals surface area contributed by atoms with E-state index in [1.165, 1.54) is 14.2 Å². The molecule has 0 spiro atoms. The fourth-order valence-corrected chi connectivity index (χ4v) is 3.81. The molecule has 1 aromatic carbocycles. The molecule has 0 N–H and O–H groups in total. The highest BCUT2D eigenvalue weighted by atomic mass is 16.5. The second-order valence-corrected chi connectivity index (χ2v) is 6.44. The van der Waals surface area contributed by atoms with Crippen molar-refractivity contribution in [1.29, 1.82) is 0 Å². The first-order chi connectivity index (χ1) is 13.6. The van der Waals surface area contributed by atoms with E-state index in [2.05, 4.69) is 0 Å². The number of hydrogen-bond donors (Lipinski definition) is 0. The zero-order valence-corrected chi connectivity index (χ0v) is 15.4. The van der Waals surface area contributed by atoms with Crippen LogP contribution in [0.2, 0.25) is 0 Å². The van der Waals surface area contributed by atoms with Gasteiger partial charge in [0, 0.05) is 24.2 Å². The minimum Gasteiger partial charge on any atom is -0.468 e. The predicted octanol–water partition coefficient (Wildman–Crippen LogP) is 2.17. The molecule has 1 aromatic heterocycles. The summed E-state index contributed by atoms with van der Waals surface area (Å²) in [6.07, 6.45) is 5.29. The Morgan fingerprint density at radius 3 is 2.36 bits per heavy atom. The molecule has 3 heterocycles. The summed E-state index contributed by atoms with van der Waals surface area (Å²) in [4.78, 5) is 40.4. The number of Topliss-reactive ketones (excluding diaryl/α,β-unsaturated/α-hetero) is 1. The minimum absolute atomic E-state index is 0.118. The van der Waals surface area contributed by atoms with Crippen molar-refractivity contribution in [3.05, 3.63) is 71.7 Å². The molecule has 2 atom stereocenters. The molecule has 4 rings (SSSR count). The molecule has 7 nitrogen and oxygen atoms in total. The molecule has 0 saturated heterocycles. The van der Waals surface area contributed by atoms with E-state index in [9.17, 15) is 14.4 Å². The van der Waals surface area contributed by atoms with Gasteiger partial charge in [0.25, 0.3) is 0 Å². The number of aromatic nitrogens is 1. The number of ketones is 1. The standard InChI is InChI=1S/C21H18N2O5/c1-27-20(25)15-16(21(26)28-2)18(19(24)13-7-4-3-5-8-13)23-12-11-22-10-6-9-14(22)17(15)23/h3-12,16,18H,1-2H3/t16-,18-/m1/s1. The monoisotopic (exact) mass is 378 g/mol. The highest BCUT2D eigenvalue weighted by Crippen LogP contribution is 2.44. The van der Waals surface area contributed by atoms with E-state index in [1.54, 1.807) is 47.6 Å². The maximum absolute atomic E-state index is 13.4. The van der Waals surface area contributed by atoms with Crippen molar-refractivity contribution in [2.45, 2.75) is 6.04 Å². The van der Waals surface area contributed by atoms with E-state index in [0.29, 0.717) is 17.0 Å². The van der Waals surface area contributed by atoms with Crippen molar-refractivity contribution in [2.24, 2.45) is 5.92 Å². The van der Waals surface area contributed by atoms with Crippen LogP contribution >= 0.6 is 0 Å². The number of carbonyl (C=O) groups is 3. The number of esters is 2. The van der Waals surface area contributed by atoms with Crippen molar-refractivity contribution in [2.75, 3.05) is 14.2 Å². The average molecular weight is 378 g/mol. The first-order valence-electron chi connectivity index (χ1n) is 8.72. The molecule has 0 unspecified atom stereocenters. The van der Waals surface area contributed by atoms with Crippen LogP contribution in [-0.4, -0.2) is 47.5 Å². The maximum atomic E-state index is 13.4. The zero-order chi connectivity index (χ0) is 19.8. The molecule has 142 valence electrons. The second-order valence-electron chi connectivity index (χ2n) is 6.44. The molecule has 0 aliphatic carbocycles. The fraction of sp³-hybridized carbons (Fsp3) is 0.190. The van der Waals surface area contributed by atoms with E-state index < -0.39 is 23.9 Å². The third-order valence-corrected chi connectivity index (χ3v) is 5.04. The van der Waals surface area contributed by atoms with Crippen molar-refractivity contribution < 1.29 is 23.9 Å². The molecule has 2 aliphatic rings. The van der Waals surface area contributed by atoms with Crippen LogP contribution in [-0.2, 0) is 19.1 Å². The Morgan fingerprint density at radius 2 is 1.68 bits per heavy atom. The van der Waals surface area contributed by atoms with Gasteiger partial charge >= 0.3 is 11.9 Å². The maximum Gasteiger partial charge on any atom is 0.336 e. The number of rotatable bonds is 4. The number of benzene rings is 1. The van der Waals surface area contributed by atoms with Gasteiger partial charge in [-0.1, -0.05) is 30.3 Å². The van der Waals surface area contributed by atoms with Gasteiger partial charge in [-0.05, 0) is 12.1 Å². The molecular formula is C21H18N2O5. The number of fused-ring (bicyclic) bond motifs is 3. The summed E-state index contributed by atoms with van der Waals surface area (Å²) in [5.41, 5.74) is 1.73. The SMILES string of the molecule is COC(=O)C1=C2c3cccn3C=CN2[C@@H](C(=O)c2ccccc2)[C@@H]1C(=O)OC. The van der Waals surface area contributed by atoms with Crippen LogP contribution in [0.1, 0.15) is 16.1 Å². The Bertz CT molecular complexity index is 1020. The van der Waals surface area contributed by atoms with Gasteiger partial charge in [0.2, 0.25) is 0 Å². The quantitative estimate of drug-likeness (QED) is 0.599. The summed E-state index contributed by atoms with van der Waals surface area (Å²) in [5, 5.41) is 0. The van der Waals surface area contributed by atoms with Crippen LogP contribution < -0.4 is 0 Å². The molecule has 0 fully saturated rings. The number of hydrogen-bond acceptors (Lipinski definition) is 6. The van der Waals surface area contributed by atoms with E-state index >= 15 is 0 Å². The first kappa shape index (κ1) is 17.8. The summed E-state index contributed by atoms with van der Waals surface area (Å²) in [7, 11) is 2.49. The molecule has 28 heavy (non-hydrogen) atoms. The fourth-order valence-electron chi connectivity index (χ4n) is 3.81. The molecule has 2 aliphatic heterocycles. The van der Waals surface area contributed by atoms with Gasteiger partial charge in [-0.15, -0.1) is 0 Å². The average Bonchev–Trinajstić information content (AvgIpc) is 3.34. The highest BCUT2D eigenvalue weighted by molar-refractivity contribution is 6.12. The molecule has 0 radical (unpaired) electrons. The second kappa shape index (κ2) is 6.84. The summed E-state index contributed by atoms with van der Waals surface area (Å²) in [6, 6.07) is 11.4. The van der Waals surface area contributed by atoms with E-state index in [0.717, 1.165) is 0 Å². The van der Waals surface area contributed by atoms with Gasteiger partial charge in [-0.3, -0.25) is 9.59 Å². The van der Waals surface area contributed by atoms with Crippen LogP contribution in [0.3, 0.4) is 0 Å². The topological polar surface area (TPSA) is 77.8 Å². The molecule has 7 heteroatoms. The van der Waals surface area contributed by atoms with Crippen LogP contribution in [0.25, 0.3) is 11.9 Å². The molecule has 0 amide bonds. The van der Waals surface area contributed by atoms with Gasteiger partial charge in [-0.25, -0.2) is 4.79 Å². The molecule has 0 saturated carbocycles. The van der Waals surface area contributed by atoms with Crippen molar-refractivity contribution in [3.8, 4) is 0 Å². The lowest BCUT2D eigenvalue weighted by Crippen LogP contribution is -2.42.